The summed E-state index contributed by atoms with van der Waals surface area (Å²) in [4.78, 5) is 29.3. The number of carbonyl (C=O) groups is 1. The Balaban J connectivity index is 1.27. The maximum Gasteiger partial charge on any atom is 0.254 e. The number of aryl methyl sites for hydroxylation is 1. The predicted molar refractivity (Wildman–Crippen MR) is 124 cm³/mol. The van der Waals surface area contributed by atoms with Gasteiger partial charge in [-0.25, -0.2) is 4.98 Å². The van der Waals surface area contributed by atoms with E-state index in [4.69, 9.17) is 0 Å². The monoisotopic (exact) mass is 432 g/mol. The molecule has 2 atom stereocenters. The zero-order valence-electron chi connectivity index (χ0n) is 17.9. The van der Waals surface area contributed by atoms with Crippen molar-refractivity contribution in [2.24, 2.45) is 0 Å². The Morgan fingerprint density at radius 1 is 1.12 bits per heavy atom. The average Bonchev–Trinajstić information content (AvgIpc) is 2.83. The van der Waals surface area contributed by atoms with Crippen LogP contribution in [0.3, 0.4) is 0 Å². The van der Waals surface area contributed by atoms with Gasteiger partial charge in [0, 0.05) is 30.9 Å². The standard InChI is InChI=1S/C25H28N4O3/c30-22(19-5-2-1-3-6-19)17-26-15-13-18-9-11-20(12-10-18)28-25(32)21-7-4-8-23-27-16-14-24(31)29(21)23/h1-3,5-6,9-12,14,16,21-22,26,30H,4,7-8,13,15,17H2,(H,28,32). The van der Waals surface area contributed by atoms with E-state index in [1.807, 2.05) is 54.6 Å². The number of nitrogens with zero attached hydrogens (tertiary/aromatic N) is 2. The molecule has 2 heterocycles. The lowest BCUT2D eigenvalue weighted by molar-refractivity contribution is -0.119. The van der Waals surface area contributed by atoms with Crippen molar-refractivity contribution >= 4 is 11.6 Å². The Morgan fingerprint density at radius 2 is 1.91 bits per heavy atom. The van der Waals surface area contributed by atoms with Crippen molar-refractivity contribution in [3.63, 3.8) is 0 Å². The van der Waals surface area contributed by atoms with Crippen molar-refractivity contribution in [2.45, 2.75) is 37.8 Å². The third-order valence-electron chi connectivity index (χ3n) is 5.78. The lowest BCUT2D eigenvalue weighted by Gasteiger charge is -2.25. The molecule has 0 bridgehead atoms. The van der Waals surface area contributed by atoms with E-state index in [1.54, 1.807) is 0 Å². The van der Waals surface area contributed by atoms with Gasteiger partial charge in [0.2, 0.25) is 5.91 Å². The molecule has 3 N–H and O–H groups in total. The van der Waals surface area contributed by atoms with Gasteiger partial charge in [-0.3, -0.25) is 14.2 Å². The number of hydrogen-bond donors (Lipinski definition) is 3. The quantitative estimate of drug-likeness (QED) is 0.476. The van der Waals surface area contributed by atoms with Gasteiger partial charge in [-0.1, -0.05) is 42.5 Å². The molecule has 0 saturated carbocycles. The first kappa shape index (κ1) is 21.9. The number of benzene rings is 2. The number of nitrogens with one attached hydrogen (secondary N) is 2. The van der Waals surface area contributed by atoms with Crippen LogP contribution in [0.5, 0.6) is 0 Å². The average molecular weight is 433 g/mol. The van der Waals surface area contributed by atoms with Crippen LogP contribution in [0.2, 0.25) is 0 Å². The summed E-state index contributed by atoms with van der Waals surface area (Å²) >= 11 is 0. The molecule has 0 aliphatic carbocycles. The van der Waals surface area contributed by atoms with E-state index in [0.717, 1.165) is 30.5 Å². The van der Waals surface area contributed by atoms with Gasteiger partial charge in [0.25, 0.3) is 5.56 Å². The number of fused-ring (bicyclic) bond motifs is 1. The Bertz CT molecular complexity index is 1100. The zero-order chi connectivity index (χ0) is 22.3. The van der Waals surface area contributed by atoms with Crippen LogP contribution in [0.25, 0.3) is 0 Å². The molecule has 1 aromatic heterocycles. The summed E-state index contributed by atoms with van der Waals surface area (Å²) in [6.45, 7) is 1.24. The minimum Gasteiger partial charge on any atom is -0.387 e. The number of carbonyl (C=O) groups excluding carboxylic acids is 1. The summed E-state index contributed by atoms with van der Waals surface area (Å²) in [5, 5.41) is 16.4. The number of aromatic nitrogens is 2. The first-order valence-corrected chi connectivity index (χ1v) is 11.0. The highest BCUT2D eigenvalue weighted by Crippen LogP contribution is 2.23. The number of aliphatic hydroxyl groups is 1. The van der Waals surface area contributed by atoms with Gasteiger partial charge in [-0.15, -0.1) is 0 Å². The number of hydrogen-bond acceptors (Lipinski definition) is 5. The molecule has 0 spiro atoms. The van der Waals surface area contributed by atoms with Crippen LogP contribution < -0.4 is 16.2 Å². The minimum atomic E-state index is -0.528. The molecule has 32 heavy (non-hydrogen) atoms. The highest BCUT2D eigenvalue weighted by atomic mass is 16.3. The summed E-state index contributed by atoms with van der Waals surface area (Å²) in [6, 6.07) is 18.2. The Labute approximate surface area is 187 Å². The maximum absolute atomic E-state index is 12.8. The van der Waals surface area contributed by atoms with Crippen molar-refractivity contribution < 1.29 is 9.90 Å². The van der Waals surface area contributed by atoms with E-state index < -0.39 is 12.1 Å². The molecule has 1 amide bonds. The van der Waals surface area contributed by atoms with Crippen LogP contribution in [0, 0.1) is 0 Å². The van der Waals surface area contributed by atoms with Crippen LogP contribution in [0.1, 0.15) is 41.9 Å². The smallest absolute Gasteiger partial charge is 0.254 e. The molecule has 2 unspecified atom stereocenters. The topological polar surface area (TPSA) is 96.2 Å². The first-order chi connectivity index (χ1) is 15.6. The van der Waals surface area contributed by atoms with E-state index in [2.05, 4.69) is 15.6 Å². The van der Waals surface area contributed by atoms with Gasteiger partial charge in [0.15, 0.2) is 0 Å². The normalized spacial score (nSPS) is 16.2. The summed E-state index contributed by atoms with van der Waals surface area (Å²) < 4.78 is 1.52. The van der Waals surface area contributed by atoms with Crippen molar-refractivity contribution in [2.75, 3.05) is 18.4 Å². The maximum atomic E-state index is 12.8. The first-order valence-electron chi connectivity index (χ1n) is 11.0. The third kappa shape index (κ3) is 5.30. The molecule has 2 aromatic carbocycles. The van der Waals surface area contributed by atoms with Gasteiger partial charge >= 0.3 is 0 Å². The fraction of sp³-hybridized carbons (Fsp3) is 0.320. The van der Waals surface area contributed by atoms with Crippen LogP contribution >= 0.6 is 0 Å². The second-order valence-electron chi connectivity index (χ2n) is 8.04. The van der Waals surface area contributed by atoms with E-state index >= 15 is 0 Å². The van der Waals surface area contributed by atoms with Crippen molar-refractivity contribution in [3.05, 3.63) is 94.2 Å². The molecule has 1 aliphatic rings. The lowest BCUT2D eigenvalue weighted by Crippen LogP contribution is -2.38. The SMILES string of the molecule is O=C(Nc1ccc(CCNCC(O)c2ccccc2)cc1)C1CCCc2nccc(=O)n21. The van der Waals surface area contributed by atoms with Crippen LogP contribution in [0.15, 0.2) is 71.7 Å². The molecule has 7 nitrogen and oxygen atoms in total. The molecule has 166 valence electrons. The van der Waals surface area contributed by atoms with Gasteiger partial charge < -0.3 is 15.7 Å². The van der Waals surface area contributed by atoms with Gasteiger partial charge in [-0.2, -0.15) is 0 Å². The van der Waals surface area contributed by atoms with E-state index in [1.165, 1.54) is 16.8 Å². The predicted octanol–water partition coefficient (Wildman–Crippen LogP) is 2.63. The van der Waals surface area contributed by atoms with Crippen molar-refractivity contribution in [3.8, 4) is 0 Å². The number of aliphatic hydroxyl groups excluding tert-OH is 1. The van der Waals surface area contributed by atoms with Crippen molar-refractivity contribution in [1.29, 1.82) is 0 Å². The highest BCUT2D eigenvalue weighted by Gasteiger charge is 2.27. The molecular formula is C25H28N4O3. The van der Waals surface area contributed by atoms with E-state index in [-0.39, 0.29) is 11.5 Å². The second-order valence-corrected chi connectivity index (χ2v) is 8.04. The van der Waals surface area contributed by atoms with Crippen LogP contribution in [-0.4, -0.2) is 33.7 Å². The van der Waals surface area contributed by atoms with Gasteiger partial charge in [0.05, 0.1) is 6.10 Å². The summed E-state index contributed by atoms with van der Waals surface area (Å²) in [7, 11) is 0. The molecule has 1 aliphatic heterocycles. The molecule has 0 fully saturated rings. The molecule has 3 aromatic rings. The largest absolute Gasteiger partial charge is 0.387 e. The number of amides is 1. The van der Waals surface area contributed by atoms with Crippen molar-refractivity contribution in [1.82, 2.24) is 14.9 Å². The Morgan fingerprint density at radius 3 is 2.69 bits per heavy atom. The van der Waals surface area contributed by atoms with E-state index in [9.17, 15) is 14.7 Å². The zero-order valence-corrected chi connectivity index (χ0v) is 17.9. The minimum absolute atomic E-state index is 0.185. The summed E-state index contributed by atoms with van der Waals surface area (Å²) in [5.41, 5.74) is 2.55. The second kappa shape index (κ2) is 10.3. The Hall–Kier alpha value is -3.29. The molecular weight excluding hydrogens is 404 g/mol. The van der Waals surface area contributed by atoms with Gasteiger partial charge in [-0.05, 0) is 49.1 Å². The fourth-order valence-electron chi connectivity index (χ4n) is 4.05. The van der Waals surface area contributed by atoms with Gasteiger partial charge in [0.1, 0.15) is 11.9 Å². The summed E-state index contributed by atoms with van der Waals surface area (Å²) in [6.07, 6.45) is 3.96. The molecule has 4 rings (SSSR count). The third-order valence-corrected chi connectivity index (χ3v) is 5.78. The molecule has 0 saturated heterocycles. The summed E-state index contributed by atoms with van der Waals surface area (Å²) in [5.74, 6) is 0.481. The highest BCUT2D eigenvalue weighted by molar-refractivity contribution is 5.93. The molecule has 7 heteroatoms. The fourth-order valence-corrected chi connectivity index (χ4v) is 4.05. The molecule has 0 radical (unpaired) electrons. The van der Waals surface area contributed by atoms with Crippen LogP contribution in [0.4, 0.5) is 5.69 Å². The Kier molecular flexibility index (Phi) is 7.09. The number of anilines is 1. The van der Waals surface area contributed by atoms with E-state index in [0.29, 0.717) is 30.9 Å². The number of rotatable bonds is 8. The van der Waals surface area contributed by atoms with Crippen LogP contribution in [-0.2, 0) is 17.6 Å². The lowest BCUT2D eigenvalue weighted by atomic mass is 10.0.